The van der Waals surface area contributed by atoms with Crippen molar-refractivity contribution in [2.45, 2.75) is 51.4 Å². The number of fused-ring (bicyclic) bond motifs is 1. The average Bonchev–Trinajstić information content (AvgIpc) is 3.44. The third kappa shape index (κ3) is 4.57. The quantitative estimate of drug-likeness (QED) is 0.504. The van der Waals surface area contributed by atoms with Crippen LogP contribution in [-0.2, 0) is 21.0 Å². The molecule has 1 fully saturated rings. The van der Waals surface area contributed by atoms with Gasteiger partial charge in [0.1, 0.15) is 5.92 Å². The van der Waals surface area contributed by atoms with E-state index in [1.807, 2.05) is 0 Å². The molecule has 1 aliphatic carbocycles. The summed E-state index contributed by atoms with van der Waals surface area (Å²) < 4.78 is 68.2. The van der Waals surface area contributed by atoms with Gasteiger partial charge in [-0.3, -0.25) is 4.79 Å². The molecule has 0 spiro atoms. The number of rotatable bonds is 6. The second kappa shape index (κ2) is 8.83. The molecule has 2 atom stereocenters. The summed E-state index contributed by atoms with van der Waals surface area (Å²) in [6.07, 6.45) is -3.37. The van der Waals surface area contributed by atoms with Crippen LogP contribution < -0.4 is 0 Å². The van der Waals surface area contributed by atoms with Gasteiger partial charge in [-0.05, 0) is 43.9 Å². The molecule has 0 bridgehead atoms. The summed E-state index contributed by atoms with van der Waals surface area (Å²) >= 11 is 12.2. The first-order valence-corrected chi connectivity index (χ1v) is 12.9. The van der Waals surface area contributed by atoms with Crippen molar-refractivity contribution in [1.82, 2.24) is 14.1 Å². The summed E-state index contributed by atoms with van der Waals surface area (Å²) in [5.74, 6) is -2.28. The van der Waals surface area contributed by atoms with Gasteiger partial charge in [-0.25, -0.2) is 22.4 Å². The van der Waals surface area contributed by atoms with E-state index in [2.05, 4.69) is 10.1 Å². The number of nitrogens with zero attached hydrogens (tertiary/aromatic N) is 4. The standard InChI is InChI=1S/C21H21Cl2F3N4O3S/c1-3-8-34(32,33)30(13-5-6-13)20(31)18-11(2)27-17-10-16(21(24,25)26)28-29(17)19(18)12-4-7-14(22)15(23)9-12/h4,7,9-10,13,18-19H,3,5-6,8H2,1-2H3. The fourth-order valence-electron chi connectivity index (χ4n) is 4.12. The lowest BCUT2D eigenvalue weighted by atomic mass is 9.87. The normalized spacial score (nSPS) is 20.6. The lowest BCUT2D eigenvalue weighted by Crippen LogP contribution is -2.48. The number of aromatic nitrogens is 2. The molecule has 13 heteroatoms. The molecule has 7 nitrogen and oxygen atoms in total. The van der Waals surface area contributed by atoms with Crippen molar-refractivity contribution in [2.75, 3.05) is 5.75 Å². The van der Waals surface area contributed by atoms with E-state index in [9.17, 15) is 26.4 Å². The molecule has 0 radical (unpaired) electrons. The molecule has 2 heterocycles. The zero-order valence-electron chi connectivity index (χ0n) is 18.2. The second-order valence-electron chi connectivity index (χ2n) is 8.36. The number of benzene rings is 1. The molecule has 1 amide bonds. The number of halogens is 5. The smallest absolute Gasteiger partial charge is 0.273 e. The molecule has 4 rings (SSSR count). The van der Waals surface area contributed by atoms with Gasteiger partial charge in [0.2, 0.25) is 15.9 Å². The van der Waals surface area contributed by atoms with Gasteiger partial charge < -0.3 is 0 Å². The van der Waals surface area contributed by atoms with E-state index in [-0.39, 0.29) is 27.3 Å². The number of alkyl halides is 3. The molecular formula is C21H21Cl2F3N4O3S. The van der Waals surface area contributed by atoms with Crippen molar-refractivity contribution >= 4 is 50.7 Å². The number of aliphatic imine (C=N–C) groups is 1. The van der Waals surface area contributed by atoms with E-state index in [1.54, 1.807) is 6.92 Å². The third-order valence-corrected chi connectivity index (χ3v) is 8.48. The van der Waals surface area contributed by atoms with Crippen LogP contribution in [0, 0.1) is 5.92 Å². The van der Waals surface area contributed by atoms with Crippen molar-refractivity contribution in [3.8, 4) is 0 Å². The molecule has 184 valence electrons. The number of sulfonamides is 1. The van der Waals surface area contributed by atoms with Crippen LogP contribution in [0.3, 0.4) is 0 Å². The van der Waals surface area contributed by atoms with Crippen LogP contribution >= 0.6 is 23.2 Å². The minimum absolute atomic E-state index is 0.0978. The fourth-order valence-corrected chi connectivity index (χ4v) is 6.19. The topological polar surface area (TPSA) is 84.6 Å². The Morgan fingerprint density at radius 3 is 2.44 bits per heavy atom. The van der Waals surface area contributed by atoms with Crippen molar-refractivity contribution < 1.29 is 26.4 Å². The van der Waals surface area contributed by atoms with Crippen LogP contribution in [0.25, 0.3) is 0 Å². The highest BCUT2D eigenvalue weighted by atomic mass is 35.5. The van der Waals surface area contributed by atoms with E-state index in [4.69, 9.17) is 23.2 Å². The highest BCUT2D eigenvalue weighted by Gasteiger charge is 2.48. The molecule has 2 unspecified atom stereocenters. The highest BCUT2D eigenvalue weighted by Crippen LogP contribution is 2.43. The van der Waals surface area contributed by atoms with Gasteiger partial charge in [0.25, 0.3) is 0 Å². The lowest BCUT2D eigenvalue weighted by molar-refractivity contribution is -0.141. The Morgan fingerprint density at radius 2 is 1.88 bits per heavy atom. The molecular weight excluding hydrogens is 516 g/mol. The van der Waals surface area contributed by atoms with Gasteiger partial charge in [0.15, 0.2) is 11.5 Å². The molecule has 34 heavy (non-hydrogen) atoms. The van der Waals surface area contributed by atoms with E-state index >= 15 is 0 Å². The predicted molar refractivity (Wildman–Crippen MR) is 122 cm³/mol. The maximum Gasteiger partial charge on any atom is 0.435 e. The molecule has 1 aromatic carbocycles. The number of amides is 1. The average molecular weight is 537 g/mol. The molecule has 1 aromatic heterocycles. The number of hydrogen-bond acceptors (Lipinski definition) is 5. The van der Waals surface area contributed by atoms with Crippen molar-refractivity contribution in [3.63, 3.8) is 0 Å². The van der Waals surface area contributed by atoms with Crippen molar-refractivity contribution in [2.24, 2.45) is 10.9 Å². The maximum absolute atomic E-state index is 13.8. The van der Waals surface area contributed by atoms with Crippen LogP contribution in [0.4, 0.5) is 19.0 Å². The monoisotopic (exact) mass is 536 g/mol. The summed E-state index contributed by atoms with van der Waals surface area (Å²) in [5.41, 5.74) is -0.641. The molecule has 0 N–H and O–H groups in total. The first kappa shape index (κ1) is 25.0. The summed E-state index contributed by atoms with van der Waals surface area (Å²) in [4.78, 5) is 18.0. The van der Waals surface area contributed by atoms with Gasteiger partial charge >= 0.3 is 6.18 Å². The van der Waals surface area contributed by atoms with Gasteiger partial charge in [-0.15, -0.1) is 0 Å². The summed E-state index contributed by atoms with van der Waals surface area (Å²) in [6.45, 7) is 3.18. The van der Waals surface area contributed by atoms with Crippen molar-refractivity contribution in [1.29, 1.82) is 0 Å². The Kier molecular flexibility index (Phi) is 6.50. The Hall–Kier alpha value is -2.11. The molecule has 2 aromatic rings. The van der Waals surface area contributed by atoms with Crippen LogP contribution in [0.2, 0.25) is 10.0 Å². The van der Waals surface area contributed by atoms with Crippen LogP contribution in [0.15, 0.2) is 29.3 Å². The van der Waals surface area contributed by atoms with E-state index in [1.165, 1.54) is 25.1 Å². The van der Waals surface area contributed by atoms with Crippen LogP contribution in [0.1, 0.15) is 50.4 Å². The fraction of sp³-hybridized carbons (Fsp3) is 0.476. The van der Waals surface area contributed by atoms with Gasteiger partial charge in [0, 0.05) is 17.8 Å². The first-order chi connectivity index (χ1) is 15.8. The van der Waals surface area contributed by atoms with Crippen LogP contribution in [0.5, 0.6) is 0 Å². The van der Waals surface area contributed by atoms with Gasteiger partial charge in [-0.2, -0.15) is 18.3 Å². The largest absolute Gasteiger partial charge is 0.435 e. The Balaban J connectivity index is 1.88. The van der Waals surface area contributed by atoms with E-state index in [0.717, 1.165) is 15.1 Å². The zero-order valence-corrected chi connectivity index (χ0v) is 20.5. The van der Waals surface area contributed by atoms with E-state index < -0.39 is 45.8 Å². The second-order valence-corrected chi connectivity index (χ2v) is 11.1. The number of hydrogen-bond donors (Lipinski definition) is 0. The minimum atomic E-state index is -4.74. The minimum Gasteiger partial charge on any atom is -0.273 e. The molecule has 0 saturated heterocycles. The third-order valence-electron chi connectivity index (χ3n) is 5.74. The molecule has 1 saturated carbocycles. The lowest BCUT2D eigenvalue weighted by Gasteiger charge is -2.34. The number of carbonyl (C=O) groups excluding carboxylic acids is 1. The maximum atomic E-state index is 13.8. The van der Waals surface area contributed by atoms with E-state index in [0.29, 0.717) is 24.8 Å². The van der Waals surface area contributed by atoms with Crippen LogP contribution in [-0.4, -0.2) is 45.9 Å². The summed E-state index contributed by atoms with van der Waals surface area (Å²) in [6, 6.07) is 3.63. The molecule has 2 aliphatic rings. The summed E-state index contributed by atoms with van der Waals surface area (Å²) in [7, 11) is -3.93. The predicted octanol–water partition coefficient (Wildman–Crippen LogP) is 5.25. The zero-order chi connectivity index (χ0) is 25.0. The Morgan fingerprint density at radius 1 is 1.21 bits per heavy atom. The SMILES string of the molecule is CCCS(=O)(=O)N(C(=O)C1C(C)=Nc2cc(C(F)(F)F)nn2C1c1ccc(Cl)c(Cl)c1)C1CC1. The molecule has 1 aliphatic heterocycles. The first-order valence-electron chi connectivity index (χ1n) is 10.6. The van der Waals surface area contributed by atoms with Gasteiger partial charge in [0.05, 0.1) is 21.8 Å². The number of carbonyl (C=O) groups is 1. The Labute approximate surface area is 204 Å². The Bertz CT molecular complexity index is 1270. The highest BCUT2D eigenvalue weighted by molar-refractivity contribution is 7.89. The van der Waals surface area contributed by atoms with Crippen molar-refractivity contribution in [3.05, 3.63) is 45.6 Å². The van der Waals surface area contributed by atoms with Gasteiger partial charge in [-0.1, -0.05) is 36.2 Å². The summed E-state index contributed by atoms with van der Waals surface area (Å²) in [5, 5.41) is 4.06.